The van der Waals surface area contributed by atoms with Gasteiger partial charge in [0.2, 0.25) is 0 Å². The first-order valence-corrected chi connectivity index (χ1v) is 3.35. The SMILES string of the molecule is O=C(O)c1ccc(Cl)c(O)c1O. The van der Waals surface area contributed by atoms with Crippen molar-refractivity contribution in [2.75, 3.05) is 0 Å². The highest BCUT2D eigenvalue weighted by Crippen LogP contribution is 2.35. The molecular weight excluding hydrogens is 184 g/mol. The first kappa shape index (κ1) is 8.67. The fourth-order valence-electron chi connectivity index (χ4n) is 0.728. The number of halogens is 1. The van der Waals surface area contributed by atoms with Crippen LogP contribution in [0.5, 0.6) is 11.5 Å². The number of hydrogen-bond acceptors (Lipinski definition) is 3. The second-order valence-corrected chi connectivity index (χ2v) is 2.50. The van der Waals surface area contributed by atoms with E-state index in [0.29, 0.717) is 0 Å². The molecule has 4 nitrogen and oxygen atoms in total. The van der Waals surface area contributed by atoms with E-state index in [4.69, 9.17) is 26.9 Å². The van der Waals surface area contributed by atoms with E-state index < -0.39 is 17.5 Å². The van der Waals surface area contributed by atoms with E-state index in [1.165, 1.54) is 6.07 Å². The maximum atomic E-state index is 10.4. The molecule has 0 saturated carbocycles. The minimum absolute atomic E-state index is 0.0856. The first-order chi connectivity index (χ1) is 5.54. The average molecular weight is 189 g/mol. The van der Waals surface area contributed by atoms with Crippen molar-refractivity contribution in [1.82, 2.24) is 0 Å². The molecule has 0 aliphatic carbocycles. The Bertz CT molecular complexity index is 334. The minimum Gasteiger partial charge on any atom is -0.504 e. The highest BCUT2D eigenvalue weighted by molar-refractivity contribution is 6.32. The molecule has 1 aromatic rings. The predicted molar refractivity (Wildman–Crippen MR) is 41.7 cm³/mol. The van der Waals surface area contributed by atoms with Gasteiger partial charge in [-0.2, -0.15) is 0 Å². The van der Waals surface area contributed by atoms with Crippen molar-refractivity contribution in [2.24, 2.45) is 0 Å². The molecule has 0 spiro atoms. The fourth-order valence-corrected chi connectivity index (χ4v) is 0.880. The topological polar surface area (TPSA) is 77.8 Å². The van der Waals surface area contributed by atoms with Gasteiger partial charge in [-0.1, -0.05) is 11.6 Å². The van der Waals surface area contributed by atoms with Gasteiger partial charge < -0.3 is 15.3 Å². The third-order valence-electron chi connectivity index (χ3n) is 1.33. The average Bonchev–Trinajstić information content (AvgIpc) is 2.00. The molecule has 0 aliphatic rings. The van der Waals surface area contributed by atoms with E-state index in [1.54, 1.807) is 0 Å². The van der Waals surface area contributed by atoms with Crippen LogP contribution in [-0.2, 0) is 0 Å². The van der Waals surface area contributed by atoms with E-state index in [2.05, 4.69) is 0 Å². The zero-order valence-corrected chi connectivity index (χ0v) is 6.54. The van der Waals surface area contributed by atoms with E-state index in [-0.39, 0.29) is 10.6 Å². The summed E-state index contributed by atoms with van der Waals surface area (Å²) in [6.45, 7) is 0. The molecule has 0 atom stereocenters. The van der Waals surface area contributed by atoms with Crippen LogP contribution in [0.4, 0.5) is 0 Å². The van der Waals surface area contributed by atoms with Crippen molar-refractivity contribution >= 4 is 17.6 Å². The summed E-state index contributed by atoms with van der Waals surface area (Å²) in [6.07, 6.45) is 0. The lowest BCUT2D eigenvalue weighted by atomic mass is 10.2. The largest absolute Gasteiger partial charge is 0.504 e. The van der Waals surface area contributed by atoms with Crippen LogP contribution in [0.3, 0.4) is 0 Å². The molecule has 0 heterocycles. The van der Waals surface area contributed by atoms with Crippen LogP contribution in [0.25, 0.3) is 0 Å². The highest BCUT2D eigenvalue weighted by Gasteiger charge is 2.14. The summed E-state index contributed by atoms with van der Waals surface area (Å²) in [6, 6.07) is 2.31. The smallest absolute Gasteiger partial charge is 0.339 e. The molecule has 0 aliphatic heterocycles. The molecule has 0 bridgehead atoms. The lowest BCUT2D eigenvalue weighted by Crippen LogP contribution is -1.96. The van der Waals surface area contributed by atoms with Crippen LogP contribution in [-0.4, -0.2) is 21.3 Å². The molecule has 1 aromatic carbocycles. The van der Waals surface area contributed by atoms with Gasteiger partial charge in [0.25, 0.3) is 0 Å². The molecule has 12 heavy (non-hydrogen) atoms. The van der Waals surface area contributed by atoms with Crippen LogP contribution in [0, 0.1) is 0 Å². The summed E-state index contributed by atoms with van der Waals surface area (Å²) >= 11 is 5.39. The van der Waals surface area contributed by atoms with Crippen molar-refractivity contribution < 1.29 is 20.1 Å². The lowest BCUT2D eigenvalue weighted by Gasteiger charge is -2.02. The normalized spacial score (nSPS) is 9.75. The third kappa shape index (κ3) is 1.29. The van der Waals surface area contributed by atoms with Gasteiger partial charge in [0, 0.05) is 0 Å². The number of carbonyl (C=O) groups is 1. The van der Waals surface area contributed by atoms with E-state index >= 15 is 0 Å². The van der Waals surface area contributed by atoms with Gasteiger partial charge in [-0.15, -0.1) is 0 Å². The third-order valence-corrected chi connectivity index (χ3v) is 1.64. The number of phenols is 2. The van der Waals surface area contributed by atoms with Crippen molar-refractivity contribution in [1.29, 1.82) is 0 Å². The maximum absolute atomic E-state index is 10.4. The monoisotopic (exact) mass is 188 g/mol. The fraction of sp³-hybridized carbons (Fsp3) is 0. The Morgan fingerprint density at radius 1 is 1.25 bits per heavy atom. The molecule has 0 aromatic heterocycles. The molecular formula is C7H5ClO4. The number of aromatic hydroxyl groups is 2. The van der Waals surface area contributed by atoms with E-state index in [1.807, 2.05) is 0 Å². The van der Waals surface area contributed by atoms with Gasteiger partial charge in [0.1, 0.15) is 5.56 Å². The van der Waals surface area contributed by atoms with Crippen LogP contribution in [0.15, 0.2) is 12.1 Å². The Balaban J connectivity index is 3.36. The van der Waals surface area contributed by atoms with E-state index in [0.717, 1.165) is 6.07 Å². The number of benzene rings is 1. The number of carboxylic acids is 1. The lowest BCUT2D eigenvalue weighted by molar-refractivity contribution is 0.0693. The van der Waals surface area contributed by atoms with Gasteiger partial charge in [-0.3, -0.25) is 0 Å². The van der Waals surface area contributed by atoms with Crippen LogP contribution < -0.4 is 0 Å². The summed E-state index contributed by atoms with van der Waals surface area (Å²) in [7, 11) is 0. The molecule has 0 saturated heterocycles. The second-order valence-electron chi connectivity index (χ2n) is 2.10. The number of phenolic OH excluding ortho intramolecular Hbond substituents is 1. The van der Waals surface area contributed by atoms with Crippen molar-refractivity contribution in [3.63, 3.8) is 0 Å². The maximum Gasteiger partial charge on any atom is 0.339 e. The number of rotatable bonds is 1. The molecule has 64 valence electrons. The number of carboxylic acid groups (broad SMARTS) is 1. The summed E-state index contributed by atoms with van der Waals surface area (Å²) in [5, 5.41) is 26.4. The number of aromatic carboxylic acids is 1. The summed E-state index contributed by atoms with van der Waals surface area (Å²) in [4.78, 5) is 10.4. The Morgan fingerprint density at radius 2 is 1.83 bits per heavy atom. The minimum atomic E-state index is -1.32. The van der Waals surface area contributed by atoms with Crippen molar-refractivity contribution in [3.05, 3.63) is 22.7 Å². The standard InChI is InChI=1S/C7H5ClO4/c8-4-2-1-3(7(11)12)5(9)6(4)10/h1-2,9-10H,(H,11,12). The molecule has 0 unspecified atom stereocenters. The summed E-state index contributed by atoms with van der Waals surface area (Å²) in [5.41, 5.74) is -0.378. The van der Waals surface area contributed by atoms with Gasteiger partial charge in [0.15, 0.2) is 11.5 Å². The molecule has 0 fully saturated rings. The quantitative estimate of drug-likeness (QED) is 0.583. The van der Waals surface area contributed by atoms with Gasteiger partial charge in [-0.05, 0) is 12.1 Å². The van der Waals surface area contributed by atoms with Crippen LogP contribution in [0.1, 0.15) is 10.4 Å². The van der Waals surface area contributed by atoms with Gasteiger partial charge >= 0.3 is 5.97 Å². The van der Waals surface area contributed by atoms with Crippen molar-refractivity contribution in [2.45, 2.75) is 0 Å². The van der Waals surface area contributed by atoms with Crippen molar-refractivity contribution in [3.8, 4) is 11.5 Å². The molecule has 3 N–H and O–H groups in total. The Labute approximate surface area is 72.6 Å². The zero-order chi connectivity index (χ0) is 9.30. The van der Waals surface area contributed by atoms with Crippen LogP contribution in [0.2, 0.25) is 5.02 Å². The summed E-state index contributed by atoms with van der Waals surface area (Å²) < 4.78 is 0. The molecule has 0 radical (unpaired) electrons. The molecule has 0 amide bonds. The van der Waals surface area contributed by atoms with Gasteiger partial charge in [-0.25, -0.2) is 4.79 Å². The number of hydrogen-bond donors (Lipinski definition) is 3. The second kappa shape index (κ2) is 2.91. The predicted octanol–water partition coefficient (Wildman–Crippen LogP) is 1.45. The molecule has 1 rings (SSSR count). The van der Waals surface area contributed by atoms with E-state index in [9.17, 15) is 4.79 Å². The van der Waals surface area contributed by atoms with Crippen LogP contribution >= 0.6 is 11.6 Å². The Kier molecular flexibility index (Phi) is 2.10. The first-order valence-electron chi connectivity index (χ1n) is 2.97. The zero-order valence-electron chi connectivity index (χ0n) is 5.78. The van der Waals surface area contributed by atoms with Gasteiger partial charge in [0.05, 0.1) is 5.02 Å². The Morgan fingerprint density at radius 3 is 2.33 bits per heavy atom. The summed E-state index contributed by atoms with van der Waals surface area (Å²) in [5.74, 6) is -2.65. The Hall–Kier alpha value is -1.42. The highest BCUT2D eigenvalue weighted by atomic mass is 35.5. The molecule has 5 heteroatoms.